The zero-order valence-corrected chi connectivity index (χ0v) is 18.6. The topological polar surface area (TPSA) is 69.4 Å². The zero-order valence-electron chi connectivity index (χ0n) is 18.6. The van der Waals surface area contributed by atoms with Gasteiger partial charge in [0.05, 0.1) is 12.0 Å². The Morgan fingerprint density at radius 1 is 0.970 bits per heavy atom. The van der Waals surface area contributed by atoms with Crippen molar-refractivity contribution >= 4 is 23.5 Å². The molecule has 2 amide bonds. The predicted molar refractivity (Wildman–Crippen MR) is 126 cm³/mol. The van der Waals surface area contributed by atoms with Crippen molar-refractivity contribution < 1.29 is 14.0 Å². The van der Waals surface area contributed by atoms with Crippen molar-refractivity contribution in [2.24, 2.45) is 4.99 Å². The molecule has 2 aliphatic heterocycles. The average molecular weight is 443 g/mol. The Morgan fingerprint density at radius 3 is 2.39 bits per heavy atom. The van der Waals surface area contributed by atoms with Gasteiger partial charge in [-0.3, -0.25) is 9.59 Å². The molecule has 168 valence electrons. The van der Waals surface area contributed by atoms with Gasteiger partial charge in [0.1, 0.15) is 6.04 Å². The summed E-state index contributed by atoms with van der Waals surface area (Å²) in [5.74, 6) is 0.890. The van der Waals surface area contributed by atoms with Crippen molar-refractivity contribution in [2.45, 2.75) is 19.4 Å². The van der Waals surface area contributed by atoms with Crippen LogP contribution in [0.4, 0.5) is 5.69 Å². The van der Waals surface area contributed by atoms with Crippen LogP contribution in [0.2, 0.25) is 0 Å². The first-order chi connectivity index (χ1) is 16.1. The smallest absolute Gasteiger partial charge is 0.289 e. The van der Waals surface area contributed by atoms with Crippen LogP contribution < -0.4 is 4.90 Å². The molecule has 7 nitrogen and oxygen atoms in total. The standard InChI is InChI=1S/C26H26N4O3/c1-19-8-5-6-11-22(19)30-24(31)21(18-20-9-3-2-4-10-20)27-26(30)29-15-13-28(14-16-29)25(32)23-12-7-17-33-23/h2-12,17,21H,13-16,18H2,1H3. The molecule has 0 N–H and O–H groups in total. The van der Waals surface area contributed by atoms with Crippen LogP contribution in [0, 0.1) is 6.92 Å². The van der Waals surface area contributed by atoms with E-state index in [4.69, 9.17) is 9.41 Å². The van der Waals surface area contributed by atoms with Crippen LogP contribution >= 0.6 is 0 Å². The number of furan rings is 1. The molecule has 0 spiro atoms. The summed E-state index contributed by atoms with van der Waals surface area (Å²) in [5.41, 5.74) is 2.95. The van der Waals surface area contributed by atoms with Crippen LogP contribution in [0.15, 0.2) is 82.4 Å². The quantitative estimate of drug-likeness (QED) is 0.621. The van der Waals surface area contributed by atoms with Gasteiger partial charge in [0, 0.05) is 32.6 Å². The van der Waals surface area contributed by atoms with Gasteiger partial charge in [-0.2, -0.15) is 0 Å². The number of rotatable bonds is 4. The van der Waals surface area contributed by atoms with Crippen molar-refractivity contribution in [2.75, 3.05) is 31.1 Å². The van der Waals surface area contributed by atoms with Gasteiger partial charge in [0.15, 0.2) is 5.76 Å². The lowest BCUT2D eigenvalue weighted by molar-refractivity contribution is -0.118. The molecule has 3 aromatic rings. The number of anilines is 1. The summed E-state index contributed by atoms with van der Waals surface area (Å²) in [7, 11) is 0. The van der Waals surface area contributed by atoms with Gasteiger partial charge in [-0.25, -0.2) is 9.89 Å². The fraction of sp³-hybridized carbons (Fsp3) is 0.269. The first kappa shape index (κ1) is 21.0. The first-order valence-electron chi connectivity index (χ1n) is 11.2. The predicted octanol–water partition coefficient (Wildman–Crippen LogP) is 3.36. The number of carbonyl (C=O) groups is 2. The Labute approximate surface area is 192 Å². The largest absolute Gasteiger partial charge is 0.459 e. The zero-order chi connectivity index (χ0) is 22.8. The number of hydrogen-bond donors (Lipinski definition) is 0. The van der Waals surface area contributed by atoms with Crippen molar-refractivity contribution in [3.63, 3.8) is 0 Å². The maximum atomic E-state index is 13.6. The fourth-order valence-electron chi connectivity index (χ4n) is 4.40. The number of nitrogens with zero attached hydrogens (tertiary/aromatic N) is 4. The second-order valence-electron chi connectivity index (χ2n) is 8.35. The third-order valence-corrected chi connectivity index (χ3v) is 6.19. The monoisotopic (exact) mass is 442 g/mol. The Kier molecular flexibility index (Phi) is 5.69. The van der Waals surface area contributed by atoms with Crippen molar-refractivity contribution in [3.05, 3.63) is 89.9 Å². The number of aryl methyl sites for hydroxylation is 1. The molecule has 33 heavy (non-hydrogen) atoms. The number of piperazine rings is 1. The molecule has 0 radical (unpaired) electrons. The Balaban J connectivity index is 1.39. The lowest BCUT2D eigenvalue weighted by Gasteiger charge is -2.37. The minimum Gasteiger partial charge on any atom is -0.459 e. The molecule has 1 fully saturated rings. The van der Waals surface area contributed by atoms with E-state index in [9.17, 15) is 9.59 Å². The van der Waals surface area contributed by atoms with Gasteiger partial charge in [-0.1, -0.05) is 48.5 Å². The summed E-state index contributed by atoms with van der Waals surface area (Å²) < 4.78 is 5.27. The highest BCUT2D eigenvalue weighted by Crippen LogP contribution is 2.28. The number of carbonyl (C=O) groups excluding carboxylic acids is 2. The molecule has 0 bridgehead atoms. The summed E-state index contributed by atoms with van der Waals surface area (Å²) in [6, 6.07) is 20.8. The van der Waals surface area contributed by atoms with E-state index in [0.717, 1.165) is 16.8 Å². The summed E-state index contributed by atoms with van der Waals surface area (Å²) in [6.45, 7) is 4.28. The summed E-state index contributed by atoms with van der Waals surface area (Å²) in [6.07, 6.45) is 2.07. The lowest BCUT2D eigenvalue weighted by atomic mass is 10.1. The van der Waals surface area contributed by atoms with Crippen LogP contribution in [0.1, 0.15) is 21.7 Å². The number of aliphatic imine (C=N–C) groups is 1. The molecule has 2 aliphatic rings. The Morgan fingerprint density at radius 2 is 1.70 bits per heavy atom. The number of para-hydroxylation sites is 1. The van der Waals surface area contributed by atoms with Crippen molar-refractivity contribution in [1.29, 1.82) is 0 Å². The fourth-order valence-corrected chi connectivity index (χ4v) is 4.40. The number of hydrogen-bond acceptors (Lipinski definition) is 5. The normalized spacial score (nSPS) is 18.6. The minimum atomic E-state index is -0.468. The van der Waals surface area contributed by atoms with E-state index in [1.807, 2.05) is 61.5 Å². The highest BCUT2D eigenvalue weighted by atomic mass is 16.3. The SMILES string of the molecule is Cc1ccccc1N1C(=O)C(Cc2ccccc2)N=C1N1CCN(C(=O)c2ccco2)CC1. The van der Waals surface area contributed by atoms with Gasteiger partial charge in [0.2, 0.25) is 5.96 Å². The molecule has 0 saturated carbocycles. The summed E-state index contributed by atoms with van der Waals surface area (Å²) >= 11 is 0. The van der Waals surface area contributed by atoms with E-state index in [2.05, 4.69) is 4.90 Å². The van der Waals surface area contributed by atoms with E-state index in [0.29, 0.717) is 44.3 Å². The molecule has 1 saturated heterocycles. The molecule has 1 atom stereocenters. The van der Waals surface area contributed by atoms with Gasteiger partial charge in [0.25, 0.3) is 11.8 Å². The Bertz CT molecular complexity index is 1170. The molecule has 5 rings (SSSR count). The minimum absolute atomic E-state index is 0.0164. The molecule has 1 aromatic heterocycles. The van der Waals surface area contributed by atoms with Crippen LogP contribution in [0.25, 0.3) is 0 Å². The lowest BCUT2D eigenvalue weighted by Crippen LogP contribution is -2.54. The Hall–Kier alpha value is -3.87. The number of amides is 2. The van der Waals surface area contributed by atoms with Gasteiger partial charge < -0.3 is 14.2 Å². The molecule has 3 heterocycles. The molecule has 2 aromatic carbocycles. The van der Waals surface area contributed by atoms with Crippen LogP contribution in [0.3, 0.4) is 0 Å². The van der Waals surface area contributed by atoms with Gasteiger partial charge in [-0.15, -0.1) is 0 Å². The first-order valence-corrected chi connectivity index (χ1v) is 11.2. The maximum absolute atomic E-state index is 13.6. The number of benzene rings is 2. The second-order valence-corrected chi connectivity index (χ2v) is 8.35. The second kappa shape index (κ2) is 8.94. The van der Waals surface area contributed by atoms with Crippen molar-refractivity contribution in [1.82, 2.24) is 9.80 Å². The van der Waals surface area contributed by atoms with E-state index in [1.54, 1.807) is 21.9 Å². The highest BCUT2D eigenvalue weighted by Gasteiger charge is 2.40. The third kappa shape index (κ3) is 4.14. The van der Waals surface area contributed by atoms with Gasteiger partial charge >= 0.3 is 0 Å². The third-order valence-electron chi connectivity index (χ3n) is 6.19. The van der Waals surface area contributed by atoms with Crippen molar-refractivity contribution in [3.8, 4) is 0 Å². The maximum Gasteiger partial charge on any atom is 0.289 e. The average Bonchev–Trinajstić information content (AvgIpc) is 3.49. The molecule has 0 aliphatic carbocycles. The number of guanidine groups is 1. The molecular formula is C26H26N4O3. The highest BCUT2D eigenvalue weighted by molar-refractivity contribution is 6.22. The van der Waals surface area contributed by atoms with E-state index < -0.39 is 6.04 Å². The molecule has 7 heteroatoms. The molecule has 1 unspecified atom stereocenters. The van der Waals surface area contributed by atoms with Crippen LogP contribution in [-0.2, 0) is 11.2 Å². The van der Waals surface area contributed by atoms with E-state index in [-0.39, 0.29) is 11.8 Å². The van der Waals surface area contributed by atoms with Crippen LogP contribution in [0.5, 0.6) is 0 Å². The summed E-state index contributed by atoms with van der Waals surface area (Å²) in [5, 5.41) is 0. The van der Waals surface area contributed by atoms with Crippen LogP contribution in [-0.4, -0.2) is 59.8 Å². The van der Waals surface area contributed by atoms with E-state index >= 15 is 0 Å². The van der Waals surface area contributed by atoms with Gasteiger partial charge in [-0.05, 0) is 36.2 Å². The van der Waals surface area contributed by atoms with E-state index in [1.165, 1.54) is 6.26 Å². The summed E-state index contributed by atoms with van der Waals surface area (Å²) in [4.78, 5) is 36.8. The molecular weight excluding hydrogens is 416 g/mol.